The summed E-state index contributed by atoms with van der Waals surface area (Å²) in [7, 11) is 0. The molecule has 2 aromatic rings. The highest BCUT2D eigenvalue weighted by Crippen LogP contribution is 2.32. The number of nitrogens with zero attached hydrogens (tertiary/aromatic N) is 1. The van der Waals surface area contributed by atoms with Crippen molar-refractivity contribution in [2.75, 3.05) is 0 Å². The molecule has 0 aliphatic heterocycles. The van der Waals surface area contributed by atoms with Gasteiger partial charge in [0.15, 0.2) is 0 Å². The van der Waals surface area contributed by atoms with Gasteiger partial charge in [0.25, 0.3) is 0 Å². The van der Waals surface area contributed by atoms with E-state index in [9.17, 15) is 0 Å². The first-order valence-corrected chi connectivity index (χ1v) is 6.68. The molecule has 1 aliphatic rings. The molecule has 1 heteroatoms. The molecule has 0 saturated carbocycles. The van der Waals surface area contributed by atoms with Crippen LogP contribution in [0.3, 0.4) is 0 Å². The number of fused-ring (bicyclic) bond motifs is 3. The molecule has 3 rings (SSSR count). The number of hydrogen-bond donors (Lipinski definition) is 0. The van der Waals surface area contributed by atoms with Crippen LogP contribution < -0.4 is 0 Å². The summed E-state index contributed by atoms with van der Waals surface area (Å²) in [5, 5.41) is 1.38. The molecule has 0 fully saturated rings. The minimum atomic E-state index is 0.534. The molecule has 1 aromatic heterocycles. The van der Waals surface area contributed by atoms with Gasteiger partial charge in [0.05, 0.1) is 5.52 Å². The summed E-state index contributed by atoms with van der Waals surface area (Å²) >= 11 is 0. The number of rotatable bonds is 1. The van der Waals surface area contributed by atoms with Crippen LogP contribution in [-0.2, 0) is 12.8 Å². The Kier molecular flexibility index (Phi) is 2.62. The number of benzene rings is 1. The van der Waals surface area contributed by atoms with Gasteiger partial charge in [0, 0.05) is 11.1 Å². The molecule has 0 amide bonds. The van der Waals surface area contributed by atoms with E-state index in [0.717, 1.165) is 0 Å². The van der Waals surface area contributed by atoms with E-state index in [4.69, 9.17) is 4.98 Å². The first-order valence-electron chi connectivity index (χ1n) is 6.68. The standard InChI is InChI=1S/C16H19N/c1-11(2)16-14-9-4-3-7-12(14)13-8-5-6-10-15(13)17-16/h5-6,8,10-11H,3-4,7,9H2,1-2H3. The highest BCUT2D eigenvalue weighted by Gasteiger charge is 2.19. The van der Waals surface area contributed by atoms with Crippen LogP contribution in [0, 0.1) is 0 Å². The predicted octanol–water partition coefficient (Wildman–Crippen LogP) is 4.24. The van der Waals surface area contributed by atoms with Gasteiger partial charge in [-0.25, -0.2) is 0 Å². The third-order valence-corrected chi connectivity index (χ3v) is 3.79. The van der Waals surface area contributed by atoms with Crippen LogP contribution in [-0.4, -0.2) is 4.98 Å². The van der Waals surface area contributed by atoms with E-state index in [-0.39, 0.29) is 0 Å². The van der Waals surface area contributed by atoms with Gasteiger partial charge in [-0.2, -0.15) is 0 Å². The molecule has 0 bridgehead atoms. The Balaban J connectivity index is 2.35. The zero-order chi connectivity index (χ0) is 11.8. The van der Waals surface area contributed by atoms with Crippen LogP contribution in [0.15, 0.2) is 24.3 Å². The van der Waals surface area contributed by atoms with Gasteiger partial charge >= 0.3 is 0 Å². The van der Waals surface area contributed by atoms with E-state index in [2.05, 4.69) is 38.1 Å². The maximum atomic E-state index is 4.89. The molecule has 88 valence electrons. The summed E-state index contributed by atoms with van der Waals surface area (Å²) < 4.78 is 0. The van der Waals surface area contributed by atoms with Gasteiger partial charge in [0.2, 0.25) is 0 Å². The van der Waals surface area contributed by atoms with Crippen molar-refractivity contribution in [1.82, 2.24) is 4.98 Å². The molecule has 1 aliphatic carbocycles. The van der Waals surface area contributed by atoms with Gasteiger partial charge in [-0.1, -0.05) is 32.0 Å². The van der Waals surface area contributed by atoms with E-state index >= 15 is 0 Å². The summed E-state index contributed by atoms with van der Waals surface area (Å²) in [6.45, 7) is 4.51. The molecule has 0 unspecified atom stereocenters. The molecule has 0 N–H and O–H groups in total. The molecular weight excluding hydrogens is 206 g/mol. The van der Waals surface area contributed by atoms with Crippen molar-refractivity contribution >= 4 is 10.9 Å². The first kappa shape index (κ1) is 10.8. The molecule has 0 atom stereocenters. The summed E-state index contributed by atoms with van der Waals surface area (Å²) in [4.78, 5) is 4.89. The monoisotopic (exact) mass is 225 g/mol. The quantitative estimate of drug-likeness (QED) is 0.707. The second-order valence-electron chi connectivity index (χ2n) is 5.33. The molecule has 17 heavy (non-hydrogen) atoms. The molecular formula is C16H19N. The van der Waals surface area contributed by atoms with Crippen LogP contribution in [0.5, 0.6) is 0 Å². The third kappa shape index (κ3) is 1.74. The van der Waals surface area contributed by atoms with Crippen LogP contribution in [0.2, 0.25) is 0 Å². The summed E-state index contributed by atoms with van der Waals surface area (Å²) in [6.07, 6.45) is 5.12. The lowest BCUT2D eigenvalue weighted by molar-refractivity contribution is 0.667. The van der Waals surface area contributed by atoms with Crippen molar-refractivity contribution in [2.45, 2.75) is 45.4 Å². The van der Waals surface area contributed by atoms with Crippen LogP contribution in [0.25, 0.3) is 10.9 Å². The lowest BCUT2D eigenvalue weighted by Crippen LogP contribution is -2.10. The number of pyridine rings is 1. The van der Waals surface area contributed by atoms with Crippen LogP contribution in [0.4, 0.5) is 0 Å². The maximum Gasteiger partial charge on any atom is 0.0708 e. The number of hydrogen-bond acceptors (Lipinski definition) is 1. The molecule has 1 nitrogen and oxygen atoms in total. The van der Waals surface area contributed by atoms with Crippen LogP contribution in [0.1, 0.15) is 49.4 Å². The average molecular weight is 225 g/mol. The van der Waals surface area contributed by atoms with Gasteiger partial charge in [-0.15, -0.1) is 0 Å². The Bertz CT molecular complexity index is 555. The third-order valence-electron chi connectivity index (χ3n) is 3.79. The summed E-state index contributed by atoms with van der Waals surface area (Å²) in [5.74, 6) is 0.534. The van der Waals surface area contributed by atoms with Gasteiger partial charge in [-0.3, -0.25) is 4.98 Å². The lowest BCUT2D eigenvalue weighted by Gasteiger charge is -2.22. The molecule has 1 heterocycles. The number of aromatic nitrogens is 1. The normalized spacial score (nSPS) is 15.2. The second kappa shape index (κ2) is 4.14. The minimum Gasteiger partial charge on any atom is -0.252 e. The predicted molar refractivity (Wildman–Crippen MR) is 72.5 cm³/mol. The van der Waals surface area contributed by atoms with Crippen molar-refractivity contribution < 1.29 is 0 Å². The fourth-order valence-corrected chi connectivity index (χ4v) is 2.99. The Hall–Kier alpha value is -1.37. The number of para-hydroxylation sites is 1. The van der Waals surface area contributed by atoms with E-state index in [0.29, 0.717) is 5.92 Å². The van der Waals surface area contributed by atoms with E-state index in [1.165, 1.54) is 42.3 Å². The second-order valence-corrected chi connectivity index (χ2v) is 5.33. The SMILES string of the molecule is CC(C)c1nc2ccccc2c2c1CCCC2. The van der Waals surface area contributed by atoms with E-state index < -0.39 is 0 Å². The van der Waals surface area contributed by atoms with Crippen molar-refractivity contribution in [2.24, 2.45) is 0 Å². The van der Waals surface area contributed by atoms with Crippen LogP contribution >= 0.6 is 0 Å². The Labute approximate surface area is 103 Å². The number of aryl methyl sites for hydroxylation is 1. The van der Waals surface area contributed by atoms with E-state index in [1.54, 1.807) is 11.1 Å². The lowest BCUT2D eigenvalue weighted by atomic mass is 9.85. The van der Waals surface area contributed by atoms with Crippen molar-refractivity contribution in [3.05, 3.63) is 41.1 Å². The highest BCUT2D eigenvalue weighted by molar-refractivity contribution is 5.84. The van der Waals surface area contributed by atoms with Crippen molar-refractivity contribution in [3.63, 3.8) is 0 Å². The van der Waals surface area contributed by atoms with Gasteiger partial charge in [-0.05, 0) is 48.8 Å². The Morgan fingerprint density at radius 3 is 2.47 bits per heavy atom. The van der Waals surface area contributed by atoms with Gasteiger partial charge in [0.1, 0.15) is 0 Å². The topological polar surface area (TPSA) is 12.9 Å². The Morgan fingerprint density at radius 2 is 1.71 bits per heavy atom. The largest absolute Gasteiger partial charge is 0.252 e. The summed E-state index contributed by atoms with van der Waals surface area (Å²) in [5.41, 5.74) is 5.63. The van der Waals surface area contributed by atoms with Crippen molar-refractivity contribution in [3.8, 4) is 0 Å². The zero-order valence-electron chi connectivity index (χ0n) is 10.7. The molecule has 0 saturated heterocycles. The van der Waals surface area contributed by atoms with Gasteiger partial charge < -0.3 is 0 Å². The highest BCUT2D eigenvalue weighted by atomic mass is 14.7. The zero-order valence-corrected chi connectivity index (χ0v) is 10.7. The average Bonchev–Trinajstić information content (AvgIpc) is 2.37. The van der Waals surface area contributed by atoms with E-state index in [1.807, 2.05) is 0 Å². The summed E-state index contributed by atoms with van der Waals surface area (Å²) in [6, 6.07) is 8.61. The molecule has 0 spiro atoms. The molecule has 0 radical (unpaired) electrons. The fraction of sp³-hybridized carbons (Fsp3) is 0.438. The Morgan fingerprint density at radius 1 is 1.00 bits per heavy atom. The molecule has 1 aromatic carbocycles. The minimum absolute atomic E-state index is 0.534. The maximum absolute atomic E-state index is 4.89. The first-order chi connectivity index (χ1) is 8.27. The smallest absolute Gasteiger partial charge is 0.0708 e. The van der Waals surface area contributed by atoms with Crippen molar-refractivity contribution in [1.29, 1.82) is 0 Å². The fourth-order valence-electron chi connectivity index (χ4n) is 2.99.